The van der Waals surface area contributed by atoms with Crippen LogP contribution in [0.3, 0.4) is 0 Å². The molecule has 10 nitrogen and oxygen atoms in total. The van der Waals surface area contributed by atoms with E-state index in [1.807, 2.05) is 28.6 Å². The number of rotatable bonds is 7. The molecule has 0 spiro atoms. The number of piperidine rings is 1. The number of H-pyrrole nitrogens is 1. The van der Waals surface area contributed by atoms with Gasteiger partial charge in [-0.15, -0.1) is 0 Å². The molecule has 4 heterocycles. The van der Waals surface area contributed by atoms with Crippen LogP contribution in [0.25, 0.3) is 22.3 Å². The standard InChI is InChI=1S/C26H32N8O2/c1-14(15(2)27)23(28)25(35)30-19-10-18-11-22(31-24(18)29-12-19)21-13-34(32-16(21)3)20-6-8-33(9-7-20)26(36)17-4-5-17/h10-14,17,20,27-28H,4-9H2,1-3H3,(H,29,31)(H,30,35). The van der Waals surface area contributed by atoms with Gasteiger partial charge in [0.25, 0.3) is 5.91 Å². The maximum Gasteiger partial charge on any atom is 0.270 e. The van der Waals surface area contributed by atoms with Crippen LogP contribution >= 0.6 is 0 Å². The minimum atomic E-state index is -0.536. The number of fused-ring (bicyclic) bond motifs is 1. The van der Waals surface area contributed by atoms with Crippen molar-refractivity contribution in [2.45, 2.75) is 52.5 Å². The average molecular weight is 489 g/mol. The van der Waals surface area contributed by atoms with Crippen molar-refractivity contribution < 1.29 is 9.59 Å². The first-order valence-electron chi connectivity index (χ1n) is 12.5. The summed E-state index contributed by atoms with van der Waals surface area (Å²) >= 11 is 0. The van der Waals surface area contributed by atoms with Crippen molar-refractivity contribution in [1.29, 1.82) is 10.8 Å². The molecular weight excluding hydrogens is 456 g/mol. The van der Waals surface area contributed by atoms with Crippen LogP contribution in [0.5, 0.6) is 0 Å². The predicted octanol–water partition coefficient (Wildman–Crippen LogP) is 3.94. The molecule has 0 radical (unpaired) electrons. The molecule has 1 saturated carbocycles. The number of nitrogens with zero attached hydrogens (tertiary/aromatic N) is 4. The number of amides is 2. The number of carbonyl (C=O) groups is 2. The highest BCUT2D eigenvalue weighted by molar-refractivity contribution is 6.45. The van der Waals surface area contributed by atoms with Crippen LogP contribution in [-0.4, -0.2) is 61.0 Å². The quantitative estimate of drug-likeness (QED) is 0.373. The van der Waals surface area contributed by atoms with Crippen molar-refractivity contribution in [1.82, 2.24) is 24.6 Å². The summed E-state index contributed by atoms with van der Waals surface area (Å²) in [7, 11) is 0. The van der Waals surface area contributed by atoms with Gasteiger partial charge in [0.05, 0.1) is 29.3 Å². The summed E-state index contributed by atoms with van der Waals surface area (Å²) in [6, 6.07) is 4.08. The SMILES string of the molecule is CC(=N)C(C)C(=N)C(=O)Nc1cnc2[nH]c(-c3cn(C4CCN(C(=O)C5CC5)CC4)nc3C)cc2c1. The van der Waals surface area contributed by atoms with Gasteiger partial charge in [0.1, 0.15) is 11.4 Å². The molecule has 2 fully saturated rings. The van der Waals surface area contributed by atoms with Crippen molar-refractivity contribution >= 4 is 40.0 Å². The molecule has 0 bridgehead atoms. The van der Waals surface area contributed by atoms with Crippen molar-refractivity contribution in [3.63, 3.8) is 0 Å². The molecule has 1 atom stereocenters. The third-order valence-corrected chi connectivity index (χ3v) is 7.34. The van der Waals surface area contributed by atoms with E-state index in [-0.39, 0.29) is 23.4 Å². The zero-order chi connectivity index (χ0) is 25.6. The minimum absolute atomic E-state index is 0.150. The second-order valence-corrected chi connectivity index (χ2v) is 10.1. The second kappa shape index (κ2) is 9.33. The highest BCUT2D eigenvalue weighted by Gasteiger charge is 2.35. The molecule has 10 heteroatoms. The Morgan fingerprint density at radius 2 is 1.89 bits per heavy atom. The van der Waals surface area contributed by atoms with E-state index in [1.165, 1.54) is 0 Å². The molecule has 2 aliphatic rings. The highest BCUT2D eigenvalue weighted by Crippen LogP contribution is 2.34. The normalized spacial score (nSPS) is 17.2. The Bertz CT molecular complexity index is 1360. The first kappa shape index (κ1) is 23.9. The Morgan fingerprint density at radius 3 is 2.56 bits per heavy atom. The van der Waals surface area contributed by atoms with Gasteiger partial charge in [0.2, 0.25) is 5.91 Å². The van der Waals surface area contributed by atoms with Gasteiger partial charge in [-0.25, -0.2) is 4.98 Å². The predicted molar refractivity (Wildman–Crippen MR) is 139 cm³/mol. The monoisotopic (exact) mass is 488 g/mol. The third-order valence-electron chi connectivity index (χ3n) is 7.34. The number of anilines is 1. The van der Waals surface area contributed by atoms with Gasteiger partial charge < -0.3 is 20.6 Å². The molecule has 188 valence electrons. The Balaban J connectivity index is 1.29. The number of nitrogens with one attached hydrogen (secondary N) is 4. The van der Waals surface area contributed by atoms with Gasteiger partial charge >= 0.3 is 0 Å². The molecule has 3 aromatic rings. The topological polar surface area (TPSA) is 144 Å². The van der Waals surface area contributed by atoms with Crippen molar-refractivity contribution in [2.75, 3.05) is 18.4 Å². The van der Waals surface area contributed by atoms with Crippen molar-refractivity contribution in [3.8, 4) is 11.3 Å². The zero-order valence-corrected chi connectivity index (χ0v) is 20.9. The van der Waals surface area contributed by atoms with Crippen LogP contribution < -0.4 is 5.32 Å². The molecule has 5 rings (SSSR count). The lowest BCUT2D eigenvalue weighted by atomic mass is 10.0. The number of hydrogen-bond acceptors (Lipinski definition) is 6. The van der Waals surface area contributed by atoms with E-state index in [2.05, 4.69) is 21.5 Å². The third kappa shape index (κ3) is 4.67. The first-order chi connectivity index (χ1) is 17.2. The number of hydrogen-bond donors (Lipinski definition) is 4. The molecule has 36 heavy (non-hydrogen) atoms. The van der Waals surface area contributed by atoms with Gasteiger partial charge in [-0.05, 0) is 51.7 Å². The fraction of sp³-hybridized carbons (Fsp3) is 0.462. The zero-order valence-electron chi connectivity index (χ0n) is 20.9. The fourth-order valence-electron chi connectivity index (χ4n) is 4.71. The Labute approximate surface area is 209 Å². The maximum absolute atomic E-state index is 12.4. The van der Waals surface area contributed by atoms with Gasteiger partial charge in [-0.2, -0.15) is 5.10 Å². The van der Waals surface area contributed by atoms with E-state index in [9.17, 15) is 9.59 Å². The highest BCUT2D eigenvalue weighted by atomic mass is 16.2. The molecule has 3 aromatic heterocycles. The summed E-state index contributed by atoms with van der Waals surface area (Å²) < 4.78 is 2.03. The smallest absolute Gasteiger partial charge is 0.270 e. The van der Waals surface area contributed by atoms with E-state index in [0.717, 1.165) is 61.1 Å². The number of pyridine rings is 1. The molecule has 1 saturated heterocycles. The fourth-order valence-corrected chi connectivity index (χ4v) is 4.71. The van der Waals surface area contributed by atoms with E-state index >= 15 is 0 Å². The summed E-state index contributed by atoms with van der Waals surface area (Å²) in [4.78, 5) is 34.6. The molecule has 1 unspecified atom stereocenters. The Hall–Kier alpha value is -3.82. The van der Waals surface area contributed by atoms with Crippen LogP contribution in [0, 0.1) is 29.6 Å². The van der Waals surface area contributed by atoms with Gasteiger partial charge in [0, 0.05) is 47.8 Å². The van der Waals surface area contributed by atoms with Crippen LogP contribution in [0.15, 0.2) is 24.5 Å². The number of aryl methyl sites for hydroxylation is 1. The van der Waals surface area contributed by atoms with Crippen molar-refractivity contribution in [3.05, 3.63) is 30.2 Å². The molecule has 4 N–H and O–H groups in total. The average Bonchev–Trinajstić information content (AvgIpc) is 3.52. The van der Waals surface area contributed by atoms with E-state index < -0.39 is 11.8 Å². The van der Waals surface area contributed by atoms with Crippen LogP contribution in [0.1, 0.15) is 51.3 Å². The summed E-state index contributed by atoms with van der Waals surface area (Å²) in [6.07, 6.45) is 7.52. The minimum Gasteiger partial charge on any atom is -0.342 e. The van der Waals surface area contributed by atoms with Crippen LogP contribution in [-0.2, 0) is 9.59 Å². The molecule has 0 aromatic carbocycles. The van der Waals surface area contributed by atoms with E-state index in [1.54, 1.807) is 20.0 Å². The summed E-state index contributed by atoms with van der Waals surface area (Å²) in [5.74, 6) is -0.478. The first-order valence-corrected chi connectivity index (χ1v) is 12.5. The Morgan fingerprint density at radius 1 is 1.17 bits per heavy atom. The summed E-state index contributed by atoms with van der Waals surface area (Å²) in [5, 5.41) is 24.0. The number of carbonyl (C=O) groups excluding carboxylic acids is 2. The maximum atomic E-state index is 12.4. The number of likely N-dealkylation sites (tertiary alicyclic amines) is 1. The lowest BCUT2D eigenvalue weighted by Crippen LogP contribution is -2.39. The second-order valence-electron chi connectivity index (χ2n) is 10.1. The van der Waals surface area contributed by atoms with Crippen LogP contribution in [0.4, 0.5) is 5.69 Å². The molecule has 2 amide bonds. The number of aromatic nitrogens is 4. The van der Waals surface area contributed by atoms with E-state index in [4.69, 9.17) is 15.9 Å². The van der Waals surface area contributed by atoms with E-state index in [0.29, 0.717) is 17.2 Å². The Kier molecular flexibility index (Phi) is 6.19. The van der Waals surface area contributed by atoms with Crippen LogP contribution in [0.2, 0.25) is 0 Å². The summed E-state index contributed by atoms with van der Waals surface area (Å²) in [6.45, 7) is 6.82. The lowest BCUT2D eigenvalue weighted by molar-refractivity contribution is -0.133. The van der Waals surface area contributed by atoms with Gasteiger partial charge in [0.15, 0.2) is 0 Å². The molecular formula is C26H32N8O2. The molecule has 1 aliphatic heterocycles. The largest absolute Gasteiger partial charge is 0.342 e. The van der Waals surface area contributed by atoms with Gasteiger partial charge in [-0.1, -0.05) is 6.92 Å². The lowest BCUT2D eigenvalue weighted by Gasteiger charge is -2.32. The van der Waals surface area contributed by atoms with Crippen molar-refractivity contribution in [2.24, 2.45) is 11.8 Å². The number of aromatic amines is 1. The summed E-state index contributed by atoms with van der Waals surface area (Å²) in [5.41, 5.74) is 4.11. The van der Waals surface area contributed by atoms with Gasteiger partial charge in [-0.3, -0.25) is 19.7 Å². The molecule has 1 aliphatic carbocycles.